The van der Waals surface area contributed by atoms with Gasteiger partial charge < -0.3 is 0 Å². The van der Waals surface area contributed by atoms with Crippen LogP contribution in [0.15, 0.2) is 48.5 Å². The van der Waals surface area contributed by atoms with Crippen LogP contribution in [0.4, 0.5) is 79.0 Å². The van der Waals surface area contributed by atoms with E-state index in [0.29, 0.717) is 12.1 Å². The highest BCUT2D eigenvalue weighted by Crippen LogP contribution is 2.43. The second-order valence-electron chi connectivity index (χ2n) is 11.3. The summed E-state index contributed by atoms with van der Waals surface area (Å²) in [6.07, 6.45) is -37.0. The molecule has 3 aromatic rings. The van der Waals surface area contributed by atoms with Crippen LogP contribution in [0.3, 0.4) is 0 Å². The van der Waals surface area contributed by atoms with Crippen molar-refractivity contribution < 1.29 is 79.0 Å². The fourth-order valence-corrected chi connectivity index (χ4v) is 4.85. The van der Waals surface area contributed by atoms with Crippen LogP contribution < -0.4 is 16.4 Å². The maximum Gasteiger partial charge on any atom is 0.416 e. The molecule has 0 heterocycles. The van der Waals surface area contributed by atoms with E-state index in [-0.39, 0.29) is 5.56 Å². The number of hydrogen-bond donors (Lipinski definition) is 0. The van der Waals surface area contributed by atoms with Crippen molar-refractivity contribution in [2.45, 2.75) is 63.2 Å². The van der Waals surface area contributed by atoms with E-state index in [0.717, 1.165) is 12.1 Å². The zero-order valence-electron chi connectivity index (χ0n) is 23.5. The lowest BCUT2D eigenvalue weighted by Gasteiger charge is -2.30. The summed E-state index contributed by atoms with van der Waals surface area (Å²) >= 11 is 0. The van der Waals surface area contributed by atoms with Gasteiger partial charge in [-0.3, -0.25) is 0 Å². The maximum atomic E-state index is 14.4. The molecule has 0 fully saturated rings. The molecule has 0 spiro atoms. The van der Waals surface area contributed by atoms with E-state index in [1.54, 1.807) is 0 Å². The summed E-state index contributed by atoms with van der Waals surface area (Å²) in [5.74, 6) is 0. The van der Waals surface area contributed by atoms with Gasteiger partial charge >= 0.3 is 37.1 Å². The number of hydrogen-bond acceptors (Lipinski definition) is 0. The third-order valence-corrected chi connectivity index (χ3v) is 6.92. The Morgan fingerprint density at radius 3 is 0.809 bits per heavy atom. The topological polar surface area (TPSA) is 0 Å². The van der Waals surface area contributed by atoms with Crippen LogP contribution in [-0.2, 0) is 42.5 Å². The predicted molar refractivity (Wildman–Crippen MR) is 133 cm³/mol. The molecule has 0 N–H and O–H groups in total. The van der Waals surface area contributed by atoms with E-state index in [1.165, 1.54) is 20.8 Å². The third kappa shape index (κ3) is 8.13. The zero-order chi connectivity index (χ0) is 36.5. The van der Waals surface area contributed by atoms with E-state index in [1.807, 2.05) is 0 Å². The van der Waals surface area contributed by atoms with E-state index in [9.17, 15) is 79.0 Å². The Bertz CT molecular complexity index is 1440. The largest absolute Gasteiger partial charge is 0.416 e. The predicted octanol–water partition coefficient (Wildman–Crippen LogP) is 9.61. The Labute approximate surface area is 253 Å². The number of halogens is 18. The summed E-state index contributed by atoms with van der Waals surface area (Å²) in [6, 6.07) is -0.785. The normalized spacial score (nSPS) is 14.1. The first-order valence-corrected chi connectivity index (χ1v) is 12.6. The van der Waals surface area contributed by atoms with Crippen LogP contribution in [0.25, 0.3) is 0 Å². The minimum atomic E-state index is -6.29. The molecule has 0 atom stereocenters. The molecule has 0 saturated heterocycles. The number of benzene rings is 3. The Morgan fingerprint density at radius 1 is 0.362 bits per heavy atom. The molecule has 0 unspecified atom stereocenters. The van der Waals surface area contributed by atoms with Gasteiger partial charge in [-0.25, -0.2) is 0 Å². The molecule has 258 valence electrons. The van der Waals surface area contributed by atoms with Crippen molar-refractivity contribution >= 4 is 23.1 Å². The third-order valence-electron chi connectivity index (χ3n) is 6.92. The van der Waals surface area contributed by atoms with Gasteiger partial charge in [-0.1, -0.05) is 50.5 Å². The van der Waals surface area contributed by atoms with Crippen LogP contribution >= 0.6 is 0 Å². The van der Waals surface area contributed by atoms with Gasteiger partial charge in [0.15, 0.2) is 0 Å². The fraction of sp³-hybridized carbons (Fsp3) is 0.357. The first kappa shape index (κ1) is 37.9. The summed E-state index contributed by atoms with van der Waals surface area (Å²) in [6.45, 7) is 1.00. The van der Waals surface area contributed by atoms with E-state index in [2.05, 4.69) is 0 Å². The van der Waals surface area contributed by atoms with Crippen molar-refractivity contribution in [2.24, 2.45) is 0 Å². The van der Waals surface area contributed by atoms with Crippen molar-refractivity contribution in [2.75, 3.05) is 0 Å². The highest BCUT2D eigenvalue weighted by molar-refractivity contribution is 6.96. The molecule has 0 aliphatic rings. The fourth-order valence-electron chi connectivity index (χ4n) is 4.85. The van der Waals surface area contributed by atoms with Gasteiger partial charge in [0.2, 0.25) is 6.71 Å². The Hall–Kier alpha value is -3.54. The molecule has 0 aliphatic carbocycles. The summed E-state index contributed by atoms with van der Waals surface area (Å²) < 4.78 is 253. The lowest BCUT2D eigenvalue weighted by Crippen LogP contribution is -2.59. The van der Waals surface area contributed by atoms with Crippen LogP contribution in [0.5, 0.6) is 0 Å². The summed E-state index contributed by atoms with van der Waals surface area (Å²) in [7, 11) is 0. The van der Waals surface area contributed by atoms with Crippen LogP contribution in [0.1, 0.15) is 59.7 Å². The van der Waals surface area contributed by atoms with Gasteiger partial charge in [0, 0.05) is 0 Å². The number of alkyl halides is 18. The monoisotopic (exact) mass is 706 g/mol. The molecule has 3 rings (SSSR count). The second-order valence-corrected chi connectivity index (χ2v) is 11.3. The highest BCUT2D eigenvalue weighted by atomic mass is 19.4. The molecule has 0 nitrogen and oxygen atoms in total. The summed E-state index contributed by atoms with van der Waals surface area (Å²) in [4.78, 5) is 0. The molecular formula is C28H17BF18. The summed E-state index contributed by atoms with van der Waals surface area (Å²) in [5, 5.41) is 0. The van der Waals surface area contributed by atoms with Crippen molar-refractivity contribution in [3.8, 4) is 0 Å². The van der Waals surface area contributed by atoms with Crippen molar-refractivity contribution in [3.63, 3.8) is 0 Å². The Morgan fingerprint density at radius 2 is 0.617 bits per heavy atom. The summed E-state index contributed by atoms with van der Waals surface area (Å²) in [5.41, 5.74) is -23.8. The second kappa shape index (κ2) is 11.6. The van der Waals surface area contributed by atoms with Crippen LogP contribution in [-0.4, -0.2) is 6.71 Å². The lowest BCUT2D eigenvalue weighted by atomic mass is 9.33. The highest BCUT2D eigenvalue weighted by Gasteiger charge is 2.52. The van der Waals surface area contributed by atoms with Gasteiger partial charge in [0.25, 0.3) is 0 Å². The minimum absolute atomic E-state index is 0.194. The van der Waals surface area contributed by atoms with Crippen LogP contribution in [0.2, 0.25) is 0 Å². The molecule has 0 radical (unpaired) electrons. The van der Waals surface area contributed by atoms with E-state index >= 15 is 0 Å². The van der Waals surface area contributed by atoms with Gasteiger partial charge in [-0.2, -0.15) is 79.0 Å². The SMILES string of the molecule is CC(C)(C)c1ccc(B(c2c(C(F)(F)F)cc(C(F)(F)F)cc2C(F)(F)F)c2c(C(F)(F)F)cc(C(F)(F)F)cc2C(F)(F)F)cc1. The minimum Gasteiger partial charge on any atom is -0.166 e. The smallest absolute Gasteiger partial charge is 0.166 e. The first-order chi connectivity index (χ1) is 20.8. The maximum absolute atomic E-state index is 14.4. The van der Waals surface area contributed by atoms with Crippen molar-refractivity contribution in [3.05, 3.63) is 87.5 Å². The average molecular weight is 706 g/mol. The van der Waals surface area contributed by atoms with Crippen molar-refractivity contribution in [1.82, 2.24) is 0 Å². The molecule has 47 heavy (non-hydrogen) atoms. The quantitative estimate of drug-likeness (QED) is 0.188. The zero-order valence-corrected chi connectivity index (χ0v) is 23.5. The average Bonchev–Trinajstić information content (AvgIpc) is 2.84. The first-order valence-electron chi connectivity index (χ1n) is 12.6. The van der Waals surface area contributed by atoms with Gasteiger partial charge in [-0.15, -0.1) is 0 Å². The van der Waals surface area contributed by atoms with Gasteiger partial charge in [-0.05, 0) is 46.2 Å². The Kier molecular flexibility index (Phi) is 9.33. The molecule has 3 aromatic carbocycles. The molecule has 0 amide bonds. The van der Waals surface area contributed by atoms with Crippen molar-refractivity contribution in [1.29, 1.82) is 0 Å². The molecule has 0 aliphatic heterocycles. The standard InChI is InChI=1S/C28H17BF18/c1-22(2,3)12-4-6-15(7-5-12)29(20-16(25(36,37)38)8-13(23(30,31)32)9-17(20)26(39,40)41)21-18(27(42,43)44)10-14(24(33,34)35)11-19(21)28(45,46)47/h4-11H,1-3H3. The van der Waals surface area contributed by atoms with Gasteiger partial charge in [0.1, 0.15) is 0 Å². The molecule has 0 bridgehead atoms. The lowest BCUT2D eigenvalue weighted by molar-refractivity contribution is -0.149. The van der Waals surface area contributed by atoms with Gasteiger partial charge in [0.05, 0.1) is 33.4 Å². The van der Waals surface area contributed by atoms with E-state index < -0.39 is 123 Å². The molecular weight excluding hydrogens is 689 g/mol. The van der Waals surface area contributed by atoms with Crippen LogP contribution in [0, 0.1) is 0 Å². The molecule has 0 saturated carbocycles. The van der Waals surface area contributed by atoms with E-state index in [4.69, 9.17) is 0 Å². The molecule has 0 aromatic heterocycles. The molecule has 19 heteroatoms. The number of rotatable bonds is 3. The Balaban J connectivity index is 2.81.